The quantitative estimate of drug-likeness (QED) is 0.0536. The monoisotopic (exact) mass is 998 g/mol. The van der Waals surface area contributed by atoms with Crippen LogP contribution in [-0.4, -0.2) is 43.0 Å². The number of carbonyl (C=O) groups excluding carboxylic acids is 2. The molecule has 364 valence electrons. The second kappa shape index (κ2) is 33.2. The fourth-order valence-corrected chi connectivity index (χ4v) is 12.2. The van der Waals surface area contributed by atoms with Crippen LogP contribution in [0.15, 0.2) is 109 Å². The molecule has 4 fully saturated rings. The first kappa shape index (κ1) is 61.6. The number of hydrogen-bond donors (Lipinski definition) is 2. The van der Waals surface area contributed by atoms with Gasteiger partial charge in [-0.1, -0.05) is 162 Å². The fourth-order valence-electron chi connectivity index (χ4n) is 12.2. The van der Waals surface area contributed by atoms with Gasteiger partial charge in [0, 0.05) is 20.6 Å². The number of halogens is 2. The van der Waals surface area contributed by atoms with Gasteiger partial charge in [0.15, 0.2) is 0 Å². The summed E-state index contributed by atoms with van der Waals surface area (Å²) in [5.74, 6) is 5.61. The number of fused-ring (bicyclic) bond motifs is 2. The third kappa shape index (κ3) is 18.3. The Morgan fingerprint density at radius 1 is 0.667 bits per heavy atom. The van der Waals surface area contributed by atoms with E-state index in [1.165, 1.54) is 94.4 Å². The predicted molar refractivity (Wildman–Crippen MR) is 264 cm³/mol. The number of aliphatic hydroxyl groups is 2. The second-order valence-corrected chi connectivity index (χ2v) is 18.9. The first-order chi connectivity index (χ1) is 32.7. The molecule has 8 rings (SSSR count). The van der Waals surface area contributed by atoms with Crippen molar-refractivity contribution in [2.75, 3.05) is 20.3 Å². The van der Waals surface area contributed by atoms with Crippen LogP contribution in [0.1, 0.15) is 110 Å². The van der Waals surface area contributed by atoms with E-state index in [4.69, 9.17) is 19.9 Å². The van der Waals surface area contributed by atoms with Gasteiger partial charge in [0.25, 0.3) is 6.47 Å². The Morgan fingerprint density at radius 2 is 1.07 bits per heavy atom. The molecule has 0 aromatic heterocycles. The fraction of sp³-hybridized carbons (Fsp3) is 0.483. The Morgan fingerprint density at radius 3 is 1.45 bits per heavy atom. The molecular weight excluding hydrogens is 925 g/mol. The Kier molecular flexibility index (Phi) is 29.6. The zero-order valence-corrected chi connectivity index (χ0v) is 48.2. The number of ether oxygens (including phenoxy) is 1. The van der Waals surface area contributed by atoms with Crippen molar-refractivity contribution in [1.82, 2.24) is 0 Å². The van der Waals surface area contributed by atoms with Crippen LogP contribution in [0.3, 0.4) is 0 Å². The van der Waals surface area contributed by atoms with E-state index in [1.54, 1.807) is 24.3 Å². The van der Waals surface area contributed by atoms with Crippen LogP contribution in [-0.2, 0) is 19.2 Å². The number of aliphatic hydroxyl groups excluding tert-OH is 2. The average Bonchev–Trinajstić information content (AvgIpc) is 3.37. The molecule has 7 nitrogen and oxygen atoms in total. The molecule has 0 amide bonds. The second-order valence-electron chi connectivity index (χ2n) is 18.9. The van der Waals surface area contributed by atoms with Crippen molar-refractivity contribution in [1.29, 1.82) is 0 Å². The van der Waals surface area contributed by atoms with Gasteiger partial charge < -0.3 is 26.5 Å². The van der Waals surface area contributed by atoms with E-state index in [1.807, 2.05) is 12.1 Å². The molecule has 0 heterocycles. The molecule has 10 atom stereocenters. The number of carbonyl (C=O) groups is 2. The topological polar surface area (TPSA) is 116 Å². The number of esters is 1. The minimum atomic E-state index is -0.209. The van der Waals surface area contributed by atoms with E-state index in [9.17, 15) is 18.7 Å². The number of benzene rings is 4. The molecule has 0 aliphatic heterocycles. The summed E-state index contributed by atoms with van der Waals surface area (Å²) in [6.45, 7) is 6.78. The SMILES string of the molecule is CC[C@H]1[C@H](CO)C[C@@H]2CCCC[C@H]2[C@@H]1/C=C/c1ccc(-c2cccc(F)c2)cc1.CC[C@H]1[C@H](COC(C)=O)C[C@@H]2CCCC[C@H]2[C@@H]1/C=C/c1ccc(-c2cccc(F)c2)cc1.CO.O=CO[O-].[H-].[K+].[K+]. The van der Waals surface area contributed by atoms with Crippen LogP contribution >= 0.6 is 0 Å². The van der Waals surface area contributed by atoms with E-state index in [0.717, 1.165) is 65.9 Å². The van der Waals surface area contributed by atoms with Gasteiger partial charge in [-0.05, 0) is 143 Å². The first-order valence-corrected chi connectivity index (χ1v) is 24.7. The summed E-state index contributed by atoms with van der Waals surface area (Å²) in [5, 5.41) is 25.4. The summed E-state index contributed by atoms with van der Waals surface area (Å²) < 4.78 is 32.5. The van der Waals surface area contributed by atoms with Crippen molar-refractivity contribution >= 4 is 24.6 Å². The number of allylic oxidation sites excluding steroid dienone is 2. The number of rotatable bonds is 12. The molecule has 2 N–H and O–H groups in total. The summed E-state index contributed by atoms with van der Waals surface area (Å²) >= 11 is 0. The van der Waals surface area contributed by atoms with E-state index in [-0.39, 0.29) is 128 Å². The summed E-state index contributed by atoms with van der Waals surface area (Å²) in [4.78, 5) is 22.7. The molecule has 4 aromatic carbocycles. The maximum atomic E-state index is 13.6. The first-order valence-electron chi connectivity index (χ1n) is 24.7. The van der Waals surface area contributed by atoms with Crippen LogP contribution in [0.4, 0.5) is 8.78 Å². The molecule has 0 saturated heterocycles. The molecule has 4 aliphatic carbocycles. The van der Waals surface area contributed by atoms with E-state index < -0.39 is 0 Å². The van der Waals surface area contributed by atoms with Crippen molar-refractivity contribution in [2.45, 2.75) is 97.8 Å². The van der Waals surface area contributed by atoms with Crippen molar-refractivity contribution in [3.05, 3.63) is 132 Å². The van der Waals surface area contributed by atoms with Crippen molar-refractivity contribution < 1.29 is 148 Å². The average molecular weight is 999 g/mol. The zero-order valence-electron chi connectivity index (χ0n) is 43.0. The largest absolute Gasteiger partial charge is 1.00 e. The molecule has 0 bridgehead atoms. The third-order valence-electron chi connectivity index (χ3n) is 15.2. The molecule has 11 heteroatoms. The Hall–Kier alpha value is -1.69. The standard InChI is InChI=1S/C29H35FO2.C27H33FO.CH2O3.CH4O.2K.H/c1-3-27-25(19-32-20(2)31)17-24-7-4-5-10-28(24)29(27)16-13-21-11-14-22(15-12-21)23-8-6-9-26(30)18-23;1-2-25-23(18-29)16-22-6-3-4-9-26(22)27(25)15-12-19-10-13-20(14-11-19)21-7-5-8-24(28)17-21;2-1-4-3;1-2;;;/h6,8-9,11-16,18,24-25,27-29H,3-5,7,10,17,19H2,1-2H3;5,7-8,10-15,17,22-23,25-27,29H,2-4,6,9,16,18H2,1H3;1,3H;2H,1H3;;;/q;;;;2*+1;-1/p-1/b16-13+;15-12+;;;;;/t24-,25-,27-,28+,29+;22-,23-,25-,26+,27+;;;;;/m00...../s1. The minimum Gasteiger partial charge on any atom is -1.00 e. The van der Waals surface area contributed by atoms with Gasteiger partial charge in [-0.15, -0.1) is 0 Å². The van der Waals surface area contributed by atoms with Crippen LogP contribution in [0, 0.1) is 70.8 Å². The van der Waals surface area contributed by atoms with Crippen LogP contribution in [0.25, 0.3) is 34.4 Å². The van der Waals surface area contributed by atoms with Gasteiger partial charge in [-0.3, -0.25) is 9.59 Å². The molecule has 69 heavy (non-hydrogen) atoms. The third-order valence-corrected chi connectivity index (χ3v) is 15.2. The summed E-state index contributed by atoms with van der Waals surface area (Å²) in [5.41, 5.74) is 6.25. The van der Waals surface area contributed by atoms with Gasteiger partial charge in [0.1, 0.15) is 11.6 Å². The van der Waals surface area contributed by atoms with Gasteiger partial charge in [-0.25, -0.2) is 8.78 Å². The van der Waals surface area contributed by atoms with E-state index in [0.29, 0.717) is 48.7 Å². The Labute approximate surface area is 497 Å². The Bertz CT molecular complexity index is 2150. The van der Waals surface area contributed by atoms with E-state index in [2.05, 4.69) is 91.6 Å². The maximum Gasteiger partial charge on any atom is 1.00 e. The predicted octanol–water partition coefficient (Wildman–Crippen LogP) is 6.67. The molecule has 4 aliphatic rings. The maximum absolute atomic E-state index is 13.6. The summed E-state index contributed by atoms with van der Waals surface area (Å²) in [6.07, 6.45) is 24.8. The van der Waals surface area contributed by atoms with E-state index >= 15 is 0 Å². The van der Waals surface area contributed by atoms with Gasteiger partial charge in [-0.2, -0.15) is 0 Å². The molecule has 4 saturated carbocycles. The van der Waals surface area contributed by atoms with Gasteiger partial charge in [0.05, 0.1) is 6.61 Å². The van der Waals surface area contributed by atoms with Crippen LogP contribution in [0.2, 0.25) is 0 Å². The molecule has 0 unspecified atom stereocenters. The molecule has 0 radical (unpaired) electrons. The molecular formula is C58H74F2K2O7. The van der Waals surface area contributed by atoms with Crippen LogP contribution in [0.5, 0.6) is 0 Å². The Balaban J connectivity index is 0.000000417. The van der Waals surface area contributed by atoms with Crippen molar-refractivity contribution in [2.24, 2.45) is 59.2 Å². The van der Waals surface area contributed by atoms with Crippen molar-refractivity contribution in [3.8, 4) is 22.3 Å². The van der Waals surface area contributed by atoms with Gasteiger partial charge in [0.2, 0.25) is 0 Å². The zero-order chi connectivity index (χ0) is 48.1. The normalized spacial score (nSPS) is 25.8. The smallest absolute Gasteiger partial charge is 1.00 e. The summed E-state index contributed by atoms with van der Waals surface area (Å²) in [7, 11) is 1.00. The number of hydrogen-bond acceptors (Lipinski definition) is 7. The van der Waals surface area contributed by atoms with Crippen molar-refractivity contribution in [3.63, 3.8) is 0 Å². The van der Waals surface area contributed by atoms with Crippen LogP contribution < -0.4 is 108 Å². The molecule has 4 aromatic rings. The summed E-state index contributed by atoms with van der Waals surface area (Å²) in [6, 6.07) is 30.3. The van der Waals surface area contributed by atoms with Gasteiger partial charge >= 0.3 is 109 Å². The molecule has 0 spiro atoms. The minimum absolute atomic E-state index is 0.